The van der Waals surface area contributed by atoms with Crippen molar-refractivity contribution in [3.05, 3.63) is 35.5 Å². The SMILES string of the molecule is CC[C@H]1[C@@H]2C[C@@H]3N[C@@H](Cc4c3n(C)c3ccccc43)[C@H]2[C@H](O)O[C@@H]1O. The average molecular weight is 342 g/mol. The molecule has 0 saturated carbocycles. The molecule has 0 aliphatic carbocycles. The van der Waals surface area contributed by atoms with Gasteiger partial charge in [0.15, 0.2) is 12.6 Å². The molecule has 134 valence electrons. The third-order valence-electron chi connectivity index (χ3n) is 6.89. The average Bonchev–Trinajstić information content (AvgIpc) is 2.88. The zero-order chi connectivity index (χ0) is 17.3. The smallest absolute Gasteiger partial charge is 0.162 e. The Hall–Kier alpha value is -1.40. The highest BCUT2D eigenvalue weighted by Crippen LogP contribution is 2.50. The van der Waals surface area contributed by atoms with Gasteiger partial charge in [-0.25, -0.2) is 0 Å². The van der Waals surface area contributed by atoms with E-state index in [1.165, 1.54) is 22.2 Å². The van der Waals surface area contributed by atoms with Crippen LogP contribution < -0.4 is 5.32 Å². The molecule has 4 heterocycles. The summed E-state index contributed by atoms with van der Waals surface area (Å²) in [4.78, 5) is 0. The second-order valence-corrected chi connectivity index (χ2v) is 7.94. The Balaban J connectivity index is 1.63. The summed E-state index contributed by atoms with van der Waals surface area (Å²) in [6.07, 6.45) is 0.969. The number of hydrogen-bond acceptors (Lipinski definition) is 4. The van der Waals surface area contributed by atoms with Gasteiger partial charge in [-0.2, -0.15) is 0 Å². The number of nitrogens with one attached hydrogen (secondary N) is 1. The van der Waals surface area contributed by atoms with Crippen LogP contribution in [0.25, 0.3) is 10.9 Å². The summed E-state index contributed by atoms with van der Waals surface area (Å²) in [5, 5.41) is 25.9. The molecule has 2 bridgehead atoms. The van der Waals surface area contributed by atoms with Gasteiger partial charge in [-0.3, -0.25) is 0 Å². The molecule has 0 unspecified atom stereocenters. The standard InChI is InChI=1S/C20H26N2O3/c1-3-10-12-8-15-18-13(11-6-4-5-7-16(11)22(18)2)9-14(21-15)17(12)20(24)25-19(10)23/h4-7,10,12,14-15,17,19-21,23-24H,3,8-9H2,1-2H3/t10-,12-,14-,15-,17-,19-,20+/m0/s1. The number of aromatic nitrogens is 1. The maximum Gasteiger partial charge on any atom is 0.162 e. The van der Waals surface area contributed by atoms with Gasteiger partial charge in [-0.15, -0.1) is 0 Å². The van der Waals surface area contributed by atoms with Gasteiger partial charge in [-0.1, -0.05) is 25.1 Å². The van der Waals surface area contributed by atoms with Crippen LogP contribution in [0.5, 0.6) is 0 Å². The molecule has 0 radical (unpaired) electrons. The van der Waals surface area contributed by atoms with E-state index in [4.69, 9.17) is 4.74 Å². The number of benzene rings is 1. The zero-order valence-corrected chi connectivity index (χ0v) is 14.7. The number of aliphatic hydroxyl groups excluding tert-OH is 2. The number of aryl methyl sites for hydroxylation is 1. The van der Waals surface area contributed by atoms with Crippen molar-refractivity contribution in [3.8, 4) is 0 Å². The van der Waals surface area contributed by atoms with Crippen LogP contribution in [0.1, 0.15) is 37.1 Å². The predicted octanol–water partition coefficient (Wildman–Crippen LogP) is 2.06. The molecular formula is C20H26N2O3. The molecule has 2 aromatic rings. The molecule has 1 aromatic heterocycles. The molecule has 3 aliphatic heterocycles. The Morgan fingerprint density at radius 3 is 2.84 bits per heavy atom. The maximum absolute atomic E-state index is 10.5. The predicted molar refractivity (Wildman–Crippen MR) is 94.8 cm³/mol. The van der Waals surface area contributed by atoms with Gasteiger partial charge in [0, 0.05) is 47.6 Å². The van der Waals surface area contributed by atoms with Gasteiger partial charge >= 0.3 is 0 Å². The van der Waals surface area contributed by atoms with Crippen LogP contribution in [0.15, 0.2) is 24.3 Å². The summed E-state index contributed by atoms with van der Waals surface area (Å²) in [6.45, 7) is 2.10. The first-order valence-corrected chi connectivity index (χ1v) is 9.44. The van der Waals surface area contributed by atoms with Crippen molar-refractivity contribution >= 4 is 10.9 Å². The fraction of sp³-hybridized carbons (Fsp3) is 0.600. The fourth-order valence-corrected chi connectivity index (χ4v) is 5.84. The number of hydrogen-bond donors (Lipinski definition) is 3. The highest BCUT2D eigenvalue weighted by atomic mass is 16.7. The number of fused-ring (bicyclic) bond motifs is 8. The van der Waals surface area contributed by atoms with E-state index in [1.54, 1.807) is 0 Å². The second-order valence-electron chi connectivity index (χ2n) is 7.94. The molecule has 3 aliphatic rings. The van der Waals surface area contributed by atoms with Crippen molar-refractivity contribution in [2.24, 2.45) is 24.8 Å². The second kappa shape index (κ2) is 5.55. The summed E-state index contributed by atoms with van der Waals surface area (Å²) in [5.41, 5.74) is 4.06. The lowest BCUT2D eigenvalue weighted by atomic mass is 9.65. The number of nitrogens with zero attached hydrogens (tertiary/aromatic N) is 1. The summed E-state index contributed by atoms with van der Waals surface area (Å²) in [7, 11) is 2.15. The van der Waals surface area contributed by atoms with E-state index >= 15 is 0 Å². The first kappa shape index (κ1) is 15.8. The van der Waals surface area contributed by atoms with Crippen molar-refractivity contribution < 1.29 is 14.9 Å². The Labute approximate surface area is 147 Å². The number of ether oxygens (including phenoxy) is 1. The van der Waals surface area contributed by atoms with Gasteiger partial charge in [0.25, 0.3) is 0 Å². The fourth-order valence-electron chi connectivity index (χ4n) is 5.84. The van der Waals surface area contributed by atoms with E-state index in [9.17, 15) is 10.2 Å². The van der Waals surface area contributed by atoms with E-state index in [1.807, 2.05) is 0 Å². The summed E-state index contributed by atoms with van der Waals surface area (Å²) >= 11 is 0. The molecule has 5 rings (SSSR count). The summed E-state index contributed by atoms with van der Waals surface area (Å²) in [5.74, 6) is 0.416. The number of para-hydroxylation sites is 1. The van der Waals surface area contributed by atoms with Crippen molar-refractivity contribution in [2.45, 2.75) is 50.8 Å². The van der Waals surface area contributed by atoms with Gasteiger partial charge in [0.1, 0.15) is 0 Å². The van der Waals surface area contributed by atoms with Crippen LogP contribution in [0.3, 0.4) is 0 Å². The van der Waals surface area contributed by atoms with Gasteiger partial charge < -0.3 is 24.8 Å². The van der Waals surface area contributed by atoms with E-state index in [-0.39, 0.29) is 29.8 Å². The maximum atomic E-state index is 10.5. The lowest BCUT2D eigenvalue weighted by Gasteiger charge is -2.53. The Morgan fingerprint density at radius 2 is 2.04 bits per heavy atom. The summed E-state index contributed by atoms with van der Waals surface area (Å²) < 4.78 is 7.82. The topological polar surface area (TPSA) is 66.7 Å². The molecule has 25 heavy (non-hydrogen) atoms. The van der Waals surface area contributed by atoms with Gasteiger partial charge in [-0.05, 0) is 36.8 Å². The van der Waals surface area contributed by atoms with Gasteiger partial charge in [0.2, 0.25) is 0 Å². The van der Waals surface area contributed by atoms with E-state index in [0.29, 0.717) is 0 Å². The summed E-state index contributed by atoms with van der Waals surface area (Å²) in [6, 6.07) is 9.05. The third kappa shape index (κ3) is 2.10. The first-order chi connectivity index (χ1) is 12.1. The lowest BCUT2D eigenvalue weighted by molar-refractivity contribution is -0.305. The highest BCUT2D eigenvalue weighted by Gasteiger charge is 2.53. The van der Waals surface area contributed by atoms with E-state index in [2.05, 4.69) is 48.1 Å². The minimum absolute atomic E-state index is 0.0386. The molecule has 0 spiro atoms. The Bertz CT molecular complexity index is 817. The minimum Gasteiger partial charge on any atom is -0.368 e. The molecule has 5 heteroatoms. The van der Waals surface area contributed by atoms with Gasteiger partial charge in [0.05, 0.1) is 0 Å². The molecule has 1 aromatic carbocycles. The largest absolute Gasteiger partial charge is 0.368 e. The molecule has 5 nitrogen and oxygen atoms in total. The molecular weight excluding hydrogens is 316 g/mol. The van der Waals surface area contributed by atoms with Crippen LogP contribution >= 0.6 is 0 Å². The van der Waals surface area contributed by atoms with E-state index < -0.39 is 12.6 Å². The lowest BCUT2D eigenvalue weighted by Crippen LogP contribution is -2.61. The first-order valence-electron chi connectivity index (χ1n) is 9.44. The minimum atomic E-state index is -0.891. The Kier molecular flexibility index (Phi) is 3.51. The monoisotopic (exact) mass is 342 g/mol. The Morgan fingerprint density at radius 1 is 1.24 bits per heavy atom. The van der Waals surface area contributed by atoms with E-state index in [0.717, 1.165) is 19.3 Å². The number of rotatable bonds is 1. The van der Waals surface area contributed by atoms with Crippen LogP contribution in [-0.2, 0) is 18.2 Å². The van der Waals surface area contributed by atoms with Crippen LogP contribution in [0.4, 0.5) is 0 Å². The van der Waals surface area contributed by atoms with Crippen LogP contribution in [0, 0.1) is 17.8 Å². The highest BCUT2D eigenvalue weighted by molar-refractivity contribution is 5.86. The molecule has 2 saturated heterocycles. The normalized spacial score (nSPS) is 39.9. The number of piperidine rings is 1. The van der Waals surface area contributed by atoms with Crippen molar-refractivity contribution in [1.29, 1.82) is 0 Å². The molecule has 0 amide bonds. The molecule has 3 N–H and O–H groups in total. The molecule has 7 atom stereocenters. The van der Waals surface area contributed by atoms with Crippen LogP contribution in [-0.4, -0.2) is 33.4 Å². The van der Waals surface area contributed by atoms with Crippen molar-refractivity contribution in [1.82, 2.24) is 9.88 Å². The van der Waals surface area contributed by atoms with Crippen molar-refractivity contribution in [2.75, 3.05) is 0 Å². The van der Waals surface area contributed by atoms with Crippen LogP contribution in [0.2, 0.25) is 0 Å². The molecule has 2 fully saturated rings. The third-order valence-corrected chi connectivity index (χ3v) is 6.89. The van der Waals surface area contributed by atoms with Crippen molar-refractivity contribution in [3.63, 3.8) is 0 Å². The zero-order valence-electron chi connectivity index (χ0n) is 14.7. The quantitative estimate of drug-likeness (QED) is 0.742. The number of aliphatic hydroxyl groups is 2.